The number of amides is 1. The number of aromatic carboxylic acids is 1. The Labute approximate surface area is 124 Å². The Hall–Kier alpha value is -1.88. The standard InChI is InChI=1S/C16H21NO4/c1-21-14-8-3-2-7-13(14)17-15(18)10-11-5-4-6-12(9-11)16(19)20/h4-6,9,13-14H,2-3,7-8,10H2,1H3,(H,17,18)(H,19,20)/t13-,14-/m0/s1. The molecule has 0 radical (unpaired) electrons. The van der Waals surface area contributed by atoms with E-state index in [4.69, 9.17) is 9.84 Å². The number of benzene rings is 1. The second kappa shape index (κ2) is 7.22. The van der Waals surface area contributed by atoms with Crippen molar-refractivity contribution in [1.82, 2.24) is 5.32 Å². The summed E-state index contributed by atoms with van der Waals surface area (Å²) < 4.78 is 5.41. The van der Waals surface area contributed by atoms with Crippen molar-refractivity contribution in [2.24, 2.45) is 0 Å². The number of carboxylic acid groups (broad SMARTS) is 1. The van der Waals surface area contributed by atoms with Crippen LogP contribution < -0.4 is 5.32 Å². The Morgan fingerprint density at radius 1 is 1.33 bits per heavy atom. The van der Waals surface area contributed by atoms with E-state index in [1.54, 1.807) is 19.2 Å². The Bertz CT molecular complexity index is 515. The molecule has 0 bridgehead atoms. The summed E-state index contributed by atoms with van der Waals surface area (Å²) in [5, 5.41) is 12.0. The quantitative estimate of drug-likeness (QED) is 0.870. The molecule has 21 heavy (non-hydrogen) atoms. The second-order valence-corrected chi connectivity index (χ2v) is 5.41. The van der Waals surface area contributed by atoms with E-state index in [2.05, 4.69) is 5.32 Å². The molecule has 0 unspecified atom stereocenters. The number of nitrogens with one attached hydrogen (secondary N) is 1. The highest BCUT2D eigenvalue weighted by molar-refractivity contribution is 5.88. The number of hydrogen-bond acceptors (Lipinski definition) is 3. The smallest absolute Gasteiger partial charge is 0.335 e. The van der Waals surface area contributed by atoms with Crippen LogP contribution in [-0.2, 0) is 16.0 Å². The molecule has 2 N–H and O–H groups in total. The second-order valence-electron chi connectivity index (χ2n) is 5.41. The molecule has 1 aromatic rings. The molecule has 0 spiro atoms. The summed E-state index contributed by atoms with van der Waals surface area (Å²) >= 11 is 0. The lowest BCUT2D eigenvalue weighted by atomic mass is 9.92. The maximum absolute atomic E-state index is 12.1. The van der Waals surface area contributed by atoms with E-state index in [1.165, 1.54) is 12.1 Å². The number of ether oxygens (including phenoxy) is 1. The van der Waals surface area contributed by atoms with Gasteiger partial charge in [-0.2, -0.15) is 0 Å². The minimum atomic E-state index is -0.982. The molecule has 1 saturated carbocycles. The van der Waals surface area contributed by atoms with Crippen molar-refractivity contribution in [3.63, 3.8) is 0 Å². The van der Waals surface area contributed by atoms with Crippen LogP contribution in [0.15, 0.2) is 24.3 Å². The third-order valence-electron chi connectivity index (χ3n) is 3.89. The van der Waals surface area contributed by atoms with Crippen LogP contribution in [0.5, 0.6) is 0 Å². The molecule has 114 valence electrons. The average Bonchev–Trinajstić information content (AvgIpc) is 2.48. The lowest BCUT2D eigenvalue weighted by molar-refractivity contribution is -0.122. The molecule has 2 rings (SSSR count). The molecular formula is C16H21NO4. The van der Waals surface area contributed by atoms with Crippen LogP contribution in [0.3, 0.4) is 0 Å². The van der Waals surface area contributed by atoms with Gasteiger partial charge in [-0.05, 0) is 30.5 Å². The normalized spacial score (nSPS) is 21.8. The van der Waals surface area contributed by atoms with Crippen molar-refractivity contribution in [3.8, 4) is 0 Å². The maximum Gasteiger partial charge on any atom is 0.335 e. The van der Waals surface area contributed by atoms with Gasteiger partial charge in [0, 0.05) is 7.11 Å². The molecule has 1 aliphatic rings. The third kappa shape index (κ3) is 4.29. The Morgan fingerprint density at radius 3 is 2.81 bits per heavy atom. The van der Waals surface area contributed by atoms with Gasteiger partial charge in [0.15, 0.2) is 0 Å². The Balaban J connectivity index is 1.95. The third-order valence-corrected chi connectivity index (χ3v) is 3.89. The molecule has 1 aromatic carbocycles. The molecule has 1 amide bonds. The number of methoxy groups -OCH3 is 1. The molecular weight excluding hydrogens is 270 g/mol. The van der Waals surface area contributed by atoms with E-state index in [0.717, 1.165) is 25.7 Å². The highest BCUT2D eigenvalue weighted by atomic mass is 16.5. The SMILES string of the molecule is CO[C@H]1CCCC[C@@H]1NC(=O)Cc1cccc(C(=O)O)c1. The zero-order valence-corrected chi connectivity index (χ0v) is 12.2. The molecule has 5 nitrogen and oxygen atoms in total. The molecule has 5 heteroatoms. The first kappa shape index (κ1) is 15.5. The van der Waals surface area contributed by atoms with Crippen molar-refractivity contribution in [3.05, 3.63) is 35.4 Å². The topological polar surface area (TPSA) is 75.6 Å². The molecule has 0 aliphatic heterocycles. The average molecular weight is 291 g/mol. The number of rotatable bonds is 5. The van der Waals surface area contributed by atoms with Gasteiger partial charge in [0.25, 0.3) is 0 Å². The van der Waals surface area contributed by atoms with E-state index >= 15 is 0 Å². The minimum absolute atomic E-state index is 0.0545. The van der Waals surface area contributed by atoms with Gasteiger partial charge in [0.2, 0.25) is 5.91 Å². The van der Waals surface area contributed by atoms with Crippen LogP contribution >= 0.6 is 0 Å². The van der Waals surface area contributed by atoms with E-state index in [1.807, 2.05) is 0 Å². The predicted octanol–water partition coefficient (Wildman–Crippen LogP) is 2.00. The minimum Gasteiger partial charge on any atom is -0.478 e. The van der Waals surface area contributed by atoms with Gasteiger partial charge >= 0.3 is 5.97 Å². The van der Waals surface area contributed by atoms with Crippen LogP contribution in [0.4, 0.5) is 0 Å². The fourth-order valence-electron chi connectivity index (χ4n) is 2.80. The van der Waals surface area contributed by atoms with E-state index in [-0.39, 0.29) is 30.0 Å². The molecule has 1 fully saturated rings. The van der Waals surface area contributed by atoms with Gasteiger partial charge in [-0.1, -0.05) is 25.0 Å². The first-order chi connectivity index (χ1) is 10.1. The summed E-state index contributed by atoms with van der Waals surface area (Å²) in [7, 11) is 1.67. The Morgan fingerprint density at radius 2 is 2.10 bits per heavy atom. The fourth-order valence-corrected chi connectivity index (χ4v) is 2.80. The molecule has 0 heterocycles. The summed E-state index contributed by atoms with van der Waals surface area (Å²) in [5.41, 5.74) is 0.907. The molecule has 0 saturated heterocycles. The van der Waals surface area contributed by atoms with Gasteiger partial charge in [0.1, 0.15) is 0 Å². The van der Waals surface area contributed by atoms with Crippen LogP contribution in [0, 0.1) is 0 Å². The molecule has 2 atom stereocenters. The van der Waals surface area contributed by atoms with E-state index in [0.29, 0.717) is 5.56 Å². The lowest BCUT2D eigenvalue weighted by Gasteiger charge is -2.31. The van der Waals surface area contributed by atoms with Crippen LogP contribution in [0.2, 0.25) is 0 Å². The van der Waals surface area contributed by atoms with Gasteiger partial charge in [-0.3, -0.25) is 4.79 Å². The van der Waals surface area contributed by atoms with Gasteiger partial charge < -0.3 is 15.2 Å². The number of carbonyl (C=O) groups is 2. The predicted molar refractivity (Wildman–Crippen MR) is 78.3 cm³/mol. The molecule has 1 aliphatic carbocycles. The summed E-state index contributed by atoms with van der Waals surface area (Å²) in [4.78, 5) is 23.0. The Kier molecular flexibility index (Phi) is 5.33. The monoisotopic (exact) mass is 291 g/mol. The van der Waals surface area contributed by atoms with Crippen molar-refractivity contribution in [2.45, 2.75) is 44.2 Å². The first-order valence-corrected chi connectivity index (χ1v) is 7.24. The van der Waals surface area contributed by atoms with Crippen LogP contribution in [-0.4, -0.2) is 36.2 Å². The van der Waals surface area contributed by atoms with Crippen LogP contribution in [0.25, 0.3) is 0 Å². The van der Waals surface area contributed by atoms with Crippen LogP contribution in [0.1, 0.15) is 41.6 Å². The summed E-state index contributed by atoms with van der Waals surface area (Å²) in [6.07, 6.45) is 4.39. The zero-order chi connectivity index (χ0) is 15.2. The zero-order valence-electron chi connectivity index (χ0n) is 12.2. The number of hydrogen-bond donors (Lipinski definition) is 2. The summed E-state index contributed by atoms with van der Waals surface area (Å²) in [6.45, 7) is 0. The van der Waals surface area contributed by atoms with Crippen molar-refractivity contribution in [1.29, 1.82) is 0 Å². The summed E-state index contributed by atoms with van der Waals surface area (Å²) in [5.74, 6) is -1.07. The van der Waals surface area contributed by atoms with E-state index < -0.39 is 5.97 Å². The highest BCUT2D eigenvalue weighted by Crippen LogP contribution is 2.20. The maximum atomic E-state index is 12.1. The lowest BCUT2D eigenvalue weighted by Crippen LogP contribution is -2.46. The van der Waals surface area contributed by atoms with E-state index in [9.17, 15) is 9.59 Å². The molecule has 0 aromatic heterocycles. The number of carboxylic acids is 1. The first-order valence-electron chi connectivity index (χ1n) is 7.24. The van der Waals surface area contributed by atoms with Crippen molar-refractivity contribution in [2.75, 3.05) is 7.11 Å². The fraction of sp³-hybridized carbons (Fsp3) is 0.500. The number of carbonyl (C=O) groups excluding carboxylic acids is 1. The van der Waals surface area contributed by atoms with Gasteiger partial charge in [-0.15, -0.1) is 0 Å². The van der Waals surface area contributed by atoms with Gasteiger partial charge in [0.05, 0.1) is 24.1 Å². The summed E-state index contributed by atoms with van der Waals surface area (Å²) in [6, 6.07) is 6.53. The van der Waals surface area contributed by atoms with Crippen molar-refractivity contribution < 1.29 is 19.4 Å². The van der Waals surface area contributed by atoms with Gasteiger partial charge in [-0.25, -0.2) is 4.79 Å². The largest absolute Gasteiger partial charge is 0.478 e. The highest BCUT2D eigenvalue weighted by Gasteiger charge is 2.26. The van der Waals surface area contributed by atoms with Crippen molar-refractivity contribution >= 4 is 11.9 Å².